The van der Waals surface area contributed by atoms with Gasteiger partial charge in [0.2, 0.25) is 0 Å². The molecule has 63 valence electrons. The Hall–Kier alpha value is 0.560. The summed E-state index contributed by atoms with van der Waals surface area (Å²) in [7, 11) is -5.72. The van der Waals surface area contributed by atoms with Crippen molar-refractivity contribution < 1.29 is 48.3 Å². The molecule has 0 aliphatic carbocycles. The molecule has 0 fully saturated rings. The van der Waals surface area contributed by atoms with Crippen molar-refractivity contribution in [2.75, 3.05) is 0 Å². The Morgan fingerprint density at radius 1 is 0.778 bits per heavy atom. The third-order valence-corrected chi connectivity index (χ3v) is 0. The Kier molecular flexibility index (Phi) is 20.6. The monoisotopic (exact) mass is 269 g/mol. The van der Waals surface area contributed by atoms with Crippen LogP contribution in [0.3, 0.4) is 0 Å². The first-order chi connectivity index (χ1) is 3.46. The van der Waals surface area contributed by atoms with E-state index in [-0.39, 0.29) is 22.4 Å². The largest absolute Gasteiger partial charge is 0.439 e. The topological polar surface area (TPSA) is 109 Å². The van der Waals surface area contributed by atoms with Gasteiger partial charge in [-0.05, 0) is 0 Å². The van der Waals surface area contributed by atoms with Crippen molar-refractivity contribution in [3.05, 3.63) is 0 Å². The molecule has 0 rings (SSSR count). The minimum atomic E-state index is -2.86. The number of hydrogen-bond acceptors (Lipinski definition) is 6. The van der Waals surface area contributed by atoms with Gasteiger partial charge >= 0.3 is 0 Å². The average Bonchev–Trinajstić information content (AvgIpc) is 1.25. The van der Waals surface area contributed by atoms with Crippen LogP contribution >= 0.6 is 0 Å². The Labute approximate surface area is 70.3 Å². The normalized spacial score (nSPS) is 7.56. The van der Waals surface area contributed by atoms with Gasteiger partial charge < -0.3 is 25.9 Å². The summed E-state index contributed by atoms with van der Waals surface area (Å²) >= 11 is 0. The number of rotatable bonds is 0. The van der Waals surface area contributed by atoms with Crippen LogP contribution in [-0.4, -0.2) is 9.11 Å². The number of hydrogen-bond donors (Lipinski definition) is 2. The van der Waals surface area contributed by atoms with Crippen LogP contribution < -0.4 is 0 Å². The molecule has 2 N–H and O–H groups in total. The second-order valence-electron chi connectivity index (χ2n) is 0.434. The predicted octanol–water partition coefficient (Wildman–Crippen LogP) is -0.465. The molecule has 0 unspecified atom stereocenters. The van der Waals surface area contributed by atoms with Crippen molar-refractivity contribution in [1.29, 1.82) is 0 Å². The van der Waals surface area contributed by atoms with Crippen molar-refractivity contribution in [1.82, 2.24) is 0 Å². The summed E-state index contributed by atoms with van der Waals surface area (Å²) < 4.78 is 48.2. The standard InChI is InChI=1S/Ag.2HO3S/c;2*1-4(2)3/h;2*(H,1,2,3)/q;2*-1. The molecule has 0 bridgehead atoms. The summed E-state index contributed by atoms with van der Waals surface area (Å²) in [4.78, 5) is 0. The summed E-state index contributed by atoms with van der Waals surface area (Å²) in [5.41, 5.74) is 0. The summed E-state index contributed by atoms with van der Waals surface area (Å²) in [6.45, 7) is 0. The Morgan fingerprint density at radius 3 is 0.778 bits per heavy atom. The molecule has 0 heterocycles. The molecular weight excluding hydrogens is 268 g/mol. The molecule has 0 saturated carbocycles. The maximum absolute atomic E-state index is 8.56. The van der Waals surface area contributed by atoms with Gasteiger partial charge in [-0.25, -0.2) is 0 Å². The molecule has 0 amide bonds. The van der Waals surface area contributed by atoms with Gasteiger partial charge in [0.05, 0.1) is 0 Å². The van der Waals surface area contributed by atoms with Crippen LogP contribution in [0.15, 0.2) is 0 Å². The van der Waals surface area contributed by atoms with Gasteiger partial charge in [0, 0.05) is 44.4 Å². The molecule has 0 atom stereocenters. The quantitative estimate of drug-likeness (QED) is 0.267. The molecule has 9 heteroatoms. The summed E-state index contributed by atoms with van der Waals surface area (Å²) in [6.07, 6.45) is 0. The summed E-state index contributed by atoms with van der Waals surface area (Å²) in [6, 6.07) is 0. The Balaban J connectivity index is -0.0000000720. The minimum absolute atomic E-state index is 0. The van der Waals surface area contributed by atoms with Gasteiger partial charge in [0.1, 0.15) is 0 Å². The molecule has 6 nitrogen and oxygen atoms in total. The van der Waals surface area contributed by atoms with Gasteiger partial charge in [-0.15, -0.1) is 0 Å². The Bertz CT molecular complexity index is 128. The van der Waals surface area contributed by atoms with Gasteiger partial charge in [-0.3, -0.25) is 0 Å². The van der Waals surface area contributed by atoms with Crippen LogP contribution in [0, 0.1) is 0 Å². The molecular formula is H2AgO6S2-2. The van der Waals surface area contributed by atoms with Crippen LogP contribution in [-0.2, 0) is 61.2 Å². The SMILES string of the molecule is O=[S-](=O)O.O=[S-](=O)O.[Ag]. The van der Waals surface area contributed by atoms with E-state index < -0.39 is 22.0 Å². The van der Waals surface area contributed by atoms with E-state index in [2.05, 4.69) is 0 Å². The summed E-state index contributed by atoms with van der Waals surface area (Å²) in [5, 5.41) is 0. The zero-order valence-electron chi connectivity index (χ0n) is 3.65. The van der Waals surface area contributed by atoms with E-state index >= 15 is 0 Å². The summed E-state index contributed by atoms with van der Waals surface area (Å²) in [5.74, 6) is 0. The van der Waals surface area contributed by atoms with E-state index in [0.29, 0.717) is 0 Å². The molecule has 0 aromatic carbocycles. The zero-order valence-corrected chi connectivity index (χ0v) is 6.76. The fourth-order valence-electron chi connectivity index (χ4n) is 0. The first-order valence-electron chi connectivity index (χ1n) is 1.03. The first-order valence-corrected chi connectivity index (χ1v) is 3.10. The van der Waals surface area contributed by atoms with Gasteiger partial charge in [0.15, 0.2) is 0 Å². The average molecular weight is 270 g/mol. The molecule has 0 spiro atoms. The van der Waals surface area contributed by atoms with E-state index in [4.69, 9.17) is 25.9 Å². The van der Waals surface area contributed by atoms with Gasteiger partial charge in [0.25, 0.3) is 0 Å². The van der Waals surface area contributed by atoms with Gasteiger partial charge in [-0.1, -0.05) is 0 Å². The molecule has 9 heavy (non-hydrogen) atoms. The van der Waals surface area contributed by atoms with Crippen molar-refractivity contribution >= 4 is 22.0 Å². The van der Waals surface area contributed by atoms with E-state index in [1.165, 1.54) is 0 Å². The fourth-order valence-corrected chi connectivity index (χ4v) is 0. The zero-order chi connectivity index (χ0) is 7.15. The van der Waals surface area contributed by atoms with E-state index in [1.54, 1.807) is 0 Å². The maximum atomic E-state index is 8.56. The van der Waals surface area contributed by atoms with E-state index in [9.17, 15) is 0 Å². The third-order valence-electron chi connectivity index (χ3n) is 0. The molecule has 0 aliphatic heterocycles. The van der Waals surface area contributed by atoms with E-state index in [0.717, 1.165) is 0 Å². The second kappa shape index (κ2) is 11.4. The maximum Gasteiger partial charge on any atom is 0.0495 e. The third kappa shape index (κ3) is 1170. The fraction of sp³-hybridized carbons (Fsp3) is 0. The van der Waals surface area contributed by atoms with Crippen molar-refractivity contribution in [2.24, 2.45) is 0 Å². The predicted molar refractivity (Wildman–Crippen MR) is 22.7 cm³/mol. The van der Waals surface area contributed by atoms with Crippen LogP contribution in [0.25, 0.3) is 0 Å². The Morgan fingerprint density at radius 2 is 0.778 bits per heavy atom. The van der Waals surface area contributed by atoms with Gasteiger partial charge in [-0.2, -0.15) is 0 Å². The minimum Gasteiger partial charge on any atom is -0.439 e. The van der Waals surface area contributed by atoms with Crippen molar-refractivity contribution in [3.8, 4) is 0 Å². The van der Waals surface area contributed by atoms with Crippen LogP contribution in [0.4, 0.5) is 0 Å². The van der Waals surface area contributed by atoms with Crippen LogP contribution in [0.5, 0.6) is 0 Å². The van der Waals surface area contributed by atoms with E-state index in [1.807, 2.05) is 0 Å². The molecule has 1 radical (unpaired) electrons. The first kappa shape index (κ1) is 16.3. The molecule has 0 aliphatic rings. The van der Waals surface area contributed by atoms with Crippen LogP contribution in [0.1, 0.15) is 0 Å². The molecule has 0 aromatic heterocycles. The van der Waals surface area contributed by atoms with Crippen molar-refractivity contribution in [3.63, 3.8) is 0 Å². The molecule has 0 saturated heterocycles. The smallest absolute Gasteiger partial charge is 0.0495 e. The van der Waals surface area contributed by atoms with Crippen LogP contribution in [0.2, 0.25) is 0 Å². The van der Waals surface area contributed by atoms with Crippen molar-refractivity contribution in [2.45, 2.75) is 0 Å². The molecule has 0 aromatic rings. The second-order valence-corrected chi connectivity index (χ2v) is 1.30.